The number of thioether (sulfide) groups is 1. The lowest BCUT2D eigenvalue weighted by Gasteiger charge is -2.14. The van der Waals surface area contributed by atoms with Gasteiger partial charge in [0.1, 0.15) is 0 Å². The summed E-state index contributed by atoms with van der Waals surface area (Å²) in [4.78, 5) is 26.4. The number of nitrogens with zero attached hydrogens (tertiary/aromatic N) is 1. The van der Waals surface area contributed by atoms with Gasteiger partial charge in [-0.1, -0.05) is 53.2 Å². The smallest absolute Gasteiger partial charge is 0.338 e. The van der Waals surface area contributed by atoms with E-state index in [1.54, 1.807) is 55.5 Å². The van der Waals surface area contributed by atoms with Gasteiger partial charge in [-0.3, -0.25) is 9.69 Å². The van der Waals surface area contributed by atoms with Crippen molar-refractivity contribution in [3.05, 3.63) is 68.5 Å². The summed E-state index contributed by atoms with van der Waals surface area (Å²) in [5.41, 5.74) is 1.67. The summed E-state index contributed by atoms with van der Waals surface area (Å²) in [6.45, 7) is 2.04. The number of anilines is 1. The average molecular weight is 438 g/mol. The minimum absolute atomic E-state index is 0.250. The quantitative estimate of drug-likeness (QED) is 0.355. The van der Waals surface area contributed by atoms with E-state index in [0.717, 1.165) is 0 Å². The predicted octanol–water partition coefficient (Wildman–Crippen LogP) is 5.58. The van der Waals surface area contributed by atoms with Gasteiger partial charge in [0.2, 0.25) is 0 Å². The fourth-order valence-electron chi connectivity index (χ4n) is 2.41. The number of rotatable bonds is 4. The average Bonchev–Trinajstić information content (AvgIpc) is 2.91. The van der Waals surface area contributed by atoms with Gasteiger partial charge in [-0.05, 0) is 55.0 Å². The number of hydrogen-bond acceptors (Lipinski definition) is 5. The van der Waals surface area contributed by atoms with Gasteiger partial charge in [0, 0.05) is 10.0 Å². The van der Waals surface area contributed by atoms with Gasteiger partial charge >= 0.3 is 5.97 Å². The van der Waals surface area contributed by atoms with Crippen molar-refractivity contribution < 1.29 is 14.3 Å². The van der Waals surface area contributed by atoms with Crippen LogP contribution in [0, 0.1) is 0 Å². The number of amides is 1. The molecule has 0 bridgehead atoms. The zero-order valence-electron chi connectivity index (χ0n) is 14.1. The maximum Gasteiger partial charge on any atom is 0.338 e. The Morgan fingerprint density at radius 1 is 1.22 bits per heavy atom. The normalized spacial score (nSPS) is 15.5. The van der Waals surface area contributed by atoms with Crippen LogP contribution in [0.5, 0.6) is 0 Å². The van der Waals surface area contributed by atoms with Crippen LogP contribution in [-0.4, -0.2) is 22.8 Å². The Kier molecular flexibility index (Phi) is 6.22. The lowest BCUT2D eigenvalue weighted by Crippen LogP contribution is -2.27. The fourth-order valence-corrected chi connectivity index (χ4v) is 4.16. The zero-order valence-corrected chi connectivity index (χ0v) is 17.2. The van der Waals surface area contributed by atoms with Crippen molar-refractivity contribution in [1.29, 1.82) is 0 Å². The molecule has 1 heterocycles. The standard InChI is InChI=1S/C19H13Cl2NO3S2/c1-2-25-18(24)11-4-7-14(8-5-11)22-17(23)16(27-19(22)26)9-12-3-6-13(20)10-15(12)21/h3-10H,2H2,1H3/b16-9-. The number of benzene rings is 2. The summed E-state index contributed by atoms with van der Waals surface area (Å²) in [6.07, 6.45) is 1.69. The molecule has 2 aromatic carbocycles. The maximum absolute atomic E-state index is 12.8. The zero-order chi connectivity index (χ0) is 19.6. The van der Waals surface area contributed by atoms with Gasteiger partial charge in [0.25, 0.3) is 5.91 Å². The second-order valence-corrected chi connectivity index (χ2v) is 7.97. The fraction of sp³-hybridized carbons (Fsp3) is 0.105. The minimum Gasteiger partial charge on any atom is -0.462 e. The van der Waals surface area contributed by atoms with Crippen molar-refractivity contribution in [1.82, 2.24) is 0 Å². The summed E-state index contributed by atoms with van der Waals surface area (Å²) >= 11 is 18.6. The number of hydrogen-bond donors (Lipinski definition) is 0. The number of thiocarbonyl (C=S) groups is 1. The lowest BCUT2D eigenvalue weighted by molar-refractivity contribution is -0.113. The van der Waals surface area contributed by atoms with Crippen LogP contribution in [0.15, 0.2) is 47.4 Å². The Labute approximate surface area is 176 Å². The largest absolute Gasteiger partial charge is 0.462 e. The second kappa shape index (κ2) is 8.44. The van der Waals surface area contributed by atoms with E-state index < -0.39 is 5.97 Å². The first-order valence-electron chi connectivity index (χ1n) is 7.91. The molecule has 0 spiro atoms. The Bertz CT molecular complexity index is 958. The summed E-state index contributed by atoms with van der Waals surface area (Å²) in [6, 6.07) is 11.6. The highest BCUT2D eigenvalue weighted by atomic mass is 35.5. The van der Waals surface area contributed by atoms with Gasteiger partial charge in [0.05, 0.1) is 22.8 Å². The third kappa shape index (κ3) is 4.35. The molecule has 0 aromatic heterocycles. The molecular formula is C19H13Cl2NO3S2. The molecule has 0 aliphatic carbocycles. The van der Waals surface area contributed by atoms with Crippen LogP contribution in [0.4, 0.5) is 5.69 Å². The van der Waals surface area contributed by atoms with Gasteiger partial charge in [-0.15, -0.1) is 0 Å². The first-order valence-corrected chi connectivity index (χ1v) is 9.89. The van der Waals surface area contributed by atoms with Crippen LogP contribution in [0.1, 0.15) is 22.8 Å². The molecule has 1 aliphatic heterocycles. The minimum atomic E-state index is -0.410. The maximum atomic E-state index is 12.8. The molecule has 138 valence electrons. The number of esters is 1. The second-order valence-electron chi connectivity index (χ2n) is 5.45. The van der Waals surface area contributed by atoms with E-state index in [4.69, 9.17) is 40.2 Å². The topological polar surface area (TPSA) is 46.6 Å². The Hall–Kier alpha value is -1.86. The van der Waals surface area contributed by atoms with E-state index in [1.165, 1.54) is 16.7 Å². The van der Waals surface area contributed by atoms with E-state index in [2.05, 4.69) is 0 Å². The van der Waals surface area contributed by atoms with Gasteiger partial charge < -0.3 is 4.74 Å². The molecule has 8 heteroatoms. The Morgan fingerprint density at radius 2 is 1.93 bits per heavy atom. The highest BCUT2D eigenvalue weighted by Gasteiger charge is 2.33. The molecule has 27 heavy (non-hydrogen) atoms. The number of ether oxygens (including phenoxy) is 1. The van der Waals surface area contributed by atoms with E-state index in [1.807, 2.05) is 0 Å². The van der Waals surface area contributed by atoms with E-state index >= 15 is 0 Å². The van der Waals surface area contributed by atoms with Gasteiger partial charge in [-0.25, -0.2) is 4.79 Å². The van der Waals surface area contributed by atoms with Crippen molar-refractivity contribution in [2.45, 2.75) is 6.92 Å². The monoisotopic (exact) mass is 437 g/mol. The molecule has 0 saturated carbocycles. The molecule has 0 atom stereocenters. The molecule has 0 N–H and O–H groups in total. The summed E-state index contributed by atoms with van der Waals surface area (Å²) in [7, 11) is 0. The molecule has 0 unspecified atom stereocenters. The number of carbonyl (C=O) groups excluding carboxylic acids is 2. The highest BCUT2D eigenvalue weighted by Crippen LogP contribution is 2.37. The number of carbonyl (C=O) groups is 2. The lowest BCUT2D eigenvalue weighted by atomic mass is 10.2. The van der Waals surface area contributed by atoms with Crippen molar-refractivity contribution in [3.8, 4) is 0 Å². The molecule has 3 rings (SSSR count). The van der Waals surface area contributed by atoms with Gasteiger partial charge in [-0.2, -0.15) is 0 Å². The highest BCUT2D eigenvalue weighted by molar-refractivity contribution is 8.27. The Morgan fingerprint density at radius 3 is 2.56 bits per heavy atom. The number of halogens is 2. The third-order valence-corrected chi connectivity index (χ3v) is 5.54. The van der Waals surface area contributed by atoms with E-state index in [-0.39, 0.29) is 5.91 Å². The van der Waals surface area contributed by atoms with Gasteiger partial charge in [0.15, 0.2) is 4.32 Å². The van der Waals surface area contributed by atoms with E-state index in [0.29, 0.717) is 42.7 Å². The van der Waals surface area contributed by atoms with Crippen molar-refractivity contribution in [3.63, 3.8) is 0 Å². The van der Waals surface area contributed by atoms with Crippen LogP contribution in [0.3, 0.4) is 0 Å². The van der Waals surface area contributed by atoms with Crippen LogP contribution < -0.4 is 4.90 Å². The van der Waals surface area contributed by atoms with Crippen LogP contribution in [0.2, 0.25) is 10.0 Å². The molecular weight excluding hydrogens is 425 g/mol. The summed E-state index contributed by atoms with van der Waals surface area (Å²) in [5, 5.41) is 0.970. The van der Waals surface area contributed by atoms with Crippen LogP contribution in [0.25, 0.3) is 6.08 Å². The molecule has 1 amide bonds. The molecule has 1 fully saturated rings. The van der Waals surface area contributed by atoms with Crippen molar-refractivity contribution in [2.24, 2.45) is 0 Å². The Balaban J connectivity index is 1.86. The van der Waals surface area contributed by atoms with Crippen molar-refractivity contribution >= 4 is 75.1 Å². The summed E-state index contributed by atoms with van der Waals surface area (Å²) < 4.78 is 5.36. The molecule has 0 radical (unpaired) electrons. The molecule has 1 aliphatic rings. The third-order valence-electron chi connectivity index (χ3n) is 3.68. The van der Waals surface area contributed by atoms with Crippen LogP contribution >= 0.6 is 47.2 Å². The molecule has 1 saturated heterocycles. The first-order chi connectivity index (χ1) is 12.9. The molecule has 2 aromatic rings. The van der Waals surface area contributed by atoms with E-state index in [9.17, 15) is 9.59 Å². The first kappa shape index (κ1) is 19.9. The van der Waals surface area contributed by atoms with Crippen LogP contribution in [-0.2, 0) is 9.53 Å². The molecule has 4 nitrogen and oxygen atoms in total. The summed E-state index contributed by atoms with van der Waals surface area (Å²) in [5.74, 6) is -0.661. The SMILES string of the molecule is CCOC(=O)c1ccc(N2C(=O)/C(=C/c3ccc(Cl)cc3Cl)SC2=S)cc1. The van der Waals surface area contributed by atoms with Crippen molar-refractivity contribution in [2.75, 3.05) is 11.5 Å². The predicted molar refractivity (Wildman–Crippen MR) is 115 cm³/mol.